The van der Waals surface area contributed by atoms with Gasteiger partial charge in [0, 0.05) is 12.8 Å². The zero-order chi connectivity index (χ0) is 53.6. The van der Waals surface area contributed by atoms with Crippen molar-refractivity contribution in [2.75, 3.05) is 13.2 Å². The fourth-order valence-corrected chi connectivity index (χ4v) is 11.2. The van der Waals surface area contributed by atoms with Crippen LogP contribution in [0, 0.1) is 0 Å². The van der Waals surface area contributed by atoms with Crippen LogP contribution in [0.1, 0.15) is 399 Å². The van der Waals surface area contributed by atoms with Crippen molar-refractivity contribution in [2.24, 2.45) is 0 Å². The van der Waals surface area contributed by atoms with Gasteiger partial charge in [-0.25, -0.2) is 0 Å². The van der Waals surface area contributed by atoms with Crippen LogP contribution >= 0.6 is 0 Å². The molecule has 0 aliphatic rings. The Labute approximate surface area is 464 Å². The van der Waals surface area contributed by atoms with E-state index in [-0.39, 0.29) is 18.5 Å². The zero-order valence-corrected chi connectivity index (χ0v) is 50.6. The molecule has 0 fully saturated rings. The summed E-state index contributed by atoms with van der Waals surface area (Å²) in [4.78, 5) is 24.5. The SMILES string of the molecule is CCCCCCCCCCCCCCCC(=O)OCCCCCCCCCCCCCCCCCCCCCCCCCCCCCCCCCC(=O)NC(CO)C(O)CCCCCCCCCCCCCCC. The van der Waals surface area contributed by atoms with Crippen LogP contribution in [0.4, 0.5) is 0 Å². The molecular formula is C68H135NO5. The van der Waals surface area contributed by atoms with Gasteiger partial charge in [0.2, 0.25) is 5.91 Å². The van der Waals surface area contributed by atoms with Gasteiger partial charge in [-0.1, -0.05) is 361 Å². The number of amides is 1. The number of aliphatic hydroxyl groups is 2. The maximum atomic E-state index is 12.5. The molecule has 0 aromatic carbocycles. The molecule has 2 unspecified atom stereocenters. The second-order valence-corrected chi connectivity index (χ2v) is 23.9. The Morgan fingerprint density at radius 1 is 0.324 bits per heavy atom. The number of esters is 1. The van der Waals surface area contributed by atoms with E-state index in [2.05, 4.69) is 19.2 Å². The average Bonchev–Trinajstić information content (AvgIpc) is 3.40. The first-order chi connectivity index (χ1) is 36.5. The average molecular weight is 1050 g/mol. The third kappa shape index (κ3) is 60.1. The van der Waals surface area contributed by atoms with Crippen LogP contribution in [0.2, 0.25) is 0 Å². The molecule has 0 radical (unpaired) electrons. The zero-order valence-electron chi connectivity index (χ0n) is 50.6. The van der Waals surface area contributed by atoms with Gasteiger partial charge in [0.05, 0.1) is 25.4 Å². The molecule has 0 saturated carbocycles. The maximum Gasteiger partial charge on any atom is 0.305 e. The summed E-state index contributed by atoms with van der Waals surface area (Å²) in [7, 11) is 0. The number of aliphatic hydroxyl groups excluding tert-OH is 2. The van der Waals surface area contributed by atoms with Gasteiger partial charge in [-0.3, -0.25) is 9.59 Å². The molecule has 0 aliphatic carbocycles. The van der Waals surface area contributed by atoms with E-state index in [4.69, 9.17) is 4.74 Å². The van der Waals surface area contributed by atoms with Crippen molar-refractivity contribution in [1.29, 1.82) is 0 Å². The smallest absolute Gasteiger partial charge is 0.305 e. The van der Waals surface area contributed by atoms with E-state index in [9.17, 15) is 19.8 Å². The van der Waals surface area contributed by atoms with Gasteiger partial charge in [0.25, 0.3) is 0 Å². The monoisotopic (exact) mass is 1050 g/mol. The normalized spacial score (nSPS) is 12.4. The standard InChI is InChI=1S/C68H135NO5/c1-3-5-7-9-11-13-15-36-40-44-48-52-56-60-66(71)65(64-70)69-67(72)61-57-53-49-45-41-38-34-32-30-28-26-24-22-20-18-17-19-21-23-25-27-29-31-33-35-39-43-47-51-55-59-63-74-68(73)62-58-54-50-46-42-37-16-14-12-10-8-6-4-2/h65-66,70-71H,3-64H2,1-2H3,(H,69,72). The Hall–Kier alpha value is -1.14. The van der Waals surface area contributed by atoms with Crippen LogP contribution in [0.5, 0.6) is 0 Å². The topological polar surface area (TPSA) is 95.9 Å². The Morgan fingerprint density at radius 3 is 0.824 bits per heavy atom. The quantitative estimate of drug-likeness (QED) is 0.0417. The first-order valence-electron chi connectivity index (χ1n) is 34.3. The number of carbonyl (C=O) groups is 2. The van der Waals surface area contributed by atoms with Crippen molar-refractivity contribution in [3.63, 3.8) is 0 Å². The third-order valence-electron chi connectivity index (χ3n) is 16.4. The molecule has 6 nitrogen and oxygen atoms in total. The number of hydrogen-bond acceptors (Lipinski definition) is 5. The summed E-state index contributed by atoms with van der Waals surface area (Å²) < 4.78 is 5.49. The molecule has 0 heterocycles. The number of rotatable bonds is 65. The first kappa shape index (κ1) is 72.9. The molecule has 0 saturated heterocycles. The highest BCUT2D eigenvalue weighted by atomic mass is 16.5. The predicted molar refractivity (Wildman–Crippen MR) is 324 cm³/mol. The van der Waals surface area contributed by atoms with Gasteiger partial charge in [-0.2, -0.15) is 0 Å². The van der Waals surface area contributed by atoms with E-state index in [0.29, 0.717) is 25.9 Å². The number of unbranched alkanes of at least 4 members (excludes halogenated alkanes) is 54. The van der Waals surface area contributed by atoms with Crippen LogP contribution in [-0.2, 0) is 14.3 Å². The van der Waals surface area contributed by atoms with Crippen molar-refractivity contribution >= 4 is 11.9 Å². The fraction of sp³-hybridized carbons (Fsp3) is 0.971. The van der Waals surface area contributed by atoms with Crippen LogP contribution < -0.4 is 5.32 Å². The lowest BCUT2D eigenvalue weighted by Gasteiger charge is -2.22. The third-order valence-corrected chi connectivity index (χ3v) is 16.4. The van der Waals surface area contributed by atoms with Gasteiger partial charge < -0.3 is 20.3 Å². The fourth-order valence-electron chi connectivity index (χ4n) is 11.2. The number of hydrogen-bond donors (Lipinski definition) is 3. The minimum absolute atomic E-state index is 0.0232. The van der Waals surface area contributed by atoms with Crippen LogP contribution in [-0.4, -0.2) is 47.4 Å². The molecule has 0 spiro atoms. The maximum absolute atomic E-state index is 12.5. The van der Waals surface area contributed by atoms with Crippen molar-refractivity contribution in [3.8, 4) is 0 Å². The molecular weight excluding hydrogens is 911 g/mol. The van der Waals surface area contributed by atoms with Crippen molar-refractivity contribution in [3.05, 3.63) is 0 Å². The molecule has 442 valence electrons. The number of nitrogens with one attached hydrogen (secondary N) is 1. The van der Waals surface area contributed by atoms with E-state index in [1.165, 1.54) is 327 Å². The second-order valence-electron chi connectivity index (χ2n) is 23.9. The van der Waals surface area contributed by atoms with E-state index < -0.39 is 12.1 Å². The highest BCUT2D eigenvalue weighted by Gasteiger charge is 2.20. The lowest BCUT2D eigenvalue weighted by molar-refractivity contribution is -0.143. The molecule has 0 aliphatic heterocycles. The highest BCUT2D eigenvalue weighted by molar-refractivity contribution is 5.76. The summed E-state index contributed by atoms with van der Waals surface area (Å²) in [5.41, 5.74) is 0. The molecule has 74 heavy (non-hydrogen) atoms. The van der Waals surface area contributed by atoms with Crippen molar-refractivity contribution in [2.45, 2.75) is 411 Å². The summed E-state index contributed by atoms with van der Waals surface area (Å²) in [6, 6.07) is -0.536. The van der Waals surface area contributed by atoms with Gasteiger partial charge in [-0.15, -0.1) is 0 Å². The lowest BCUT2D eigenvalue weighted by atomic mass is 10.0. The highest BCUT2D eigenvalue weighted by Crippen LogP contribution is 2.19. The van der Waals surface area contributed by atoms with Crippen LogP contribution in [0.25, 0.3) is 0 Å². The molecule has 2 atom stereocenters. The van der Waals surface area contributed by atoms with E-state index in [1.807, 2.05) is 0 Å². The van der Waals surface area contributed by atoms with E-state index in [0.717, 1.165) is 38.5 Å². The summed E-state index contributed by atoms with van der Waals surface area (Å²) in [5.74, 6) is -0.00483. The minimum Gasteiger partial charge on any atom is -0.466 e. The number of carbonyl (C=O) groups excluding carboxylic acids is 2. The predicted octanol–water partition coefficient (Wildman–Crippen LogP) is 21.8. The first-order valence-corrected chi connectivity index (χ1v) is 34.3. The Kier molecular flexibility index (Phi) is 63.4. The molecule has 0 rings (SSSR count). The summed E-state index contributed by atoms with van der Waals surface area (Å²) in [6.07, 6.45) is 77.3. The molecule has 1 amide bonds. The molecule has 3 N–H and O–H groups in total. The Morgan fingerprint density at radius 2 is 0.554 bits per heavy atom. The summed E-state index contributed by atoms with van der Waals surface area (Å²) in [6.45, 7) is 4.99. The largest absolute Gasteiger partial charge is 0.466 e. The molecule has 0 aromatic heterocycles. The van der Waals surface area contributed by atoms with Gasteiger partial charge in [-0.05, 0) is 25.7 Å². The second kappa shape index (κ2) is 64.4. The minimum atomic E-state index is -0.659. The summed E-state index contributed by atoms with van der Waals surface area (Å²) in [5, 5.41) is 23.3. The van der Waals surface area contributed by atoms with Gasteiger partial charge in [0.15, 0.2) is 0 Å². The Balaban J connectivity index is 3.30. The van der Waals surface area contributed by atoms with Crippen LogP contribution in [0.15, 0.2) is 0 Å². The number of ether oxygens (including phenoxy) is 1. The Bertz CT molecular complexity index is 1070. The van der Waals surface area contributed by atoms with Gasteiger partial charge >= 0.3 is 5.97 Å². The molecule has 0 bridgehead atoms. The van der Waals surface area contributed by atoms with E-state index >= 15 is 0 Å². The van der Waals surface area contributed by atoms with E-state index in [1.54, 1.807) is 0 Å². The lowest BCUT2D eigenvalue weighted by Crippen LogP contribution is -2.45. The van der Waals surface area contributed by atoms with Crippen molar-refractivity contribution in [1.82, 2.24) is 5.32 Å². The van der Waals surface area contributed by atoms with Gasteiger partial charge in [0.1, 0.15) is 0 Å². The molecule has 0 aromatic rings. The molecule has 6 heteroatoms. The van der Waals surface area contributed by atoms with Crippen molar-refractivity contribution < 1.29 is 24.5 Å². The van der Waals surface area contributed by atoms with Crippen LogP contribution in [0.3, 0.4) is 0 Å². The summed E-state index contributed by atoms with van der Waals surface area (Å²) >= 11 is 0.